The molecule has 0 aromatic heterocycles. The summed E-state index contributed by atoms with van der Waals surface area (Å²) in [5.41, 5.74) is 0. The predicted molar refractivity (Wildman–Crippen MR) is 328 cm³/mol. The van der Waals surface area contributed by atoms with Gasteiger partial charge in [0.1, 0.15) is 48.8 Å². The van der Waals surface area contributed by atoms with E-state index in [-0.39, 0.29) is 18.9 Å². The van der Waals surface area contributed by atoms with Crippen molar-refractivity contribution in [1.29, 1.82) is 0 Å². The molecule has 0 bridgehead atoms. The number of carbonyl (C=O) groups is 1. The minimum Gasteiger partial charge on any atom is -0.394 e. The quantitative estimate of drug-likeness (QED) is 0.0204. The van der Waals surface area contributed by atoms with Gasteiger partial charge in [0.2, 0.25) is 5.91 Å². The van der Waals surface area contributed by atoms with Crippen molar-refractivity contribution in [3.63, 3.8) is 0 Å². The van der Waals surface area contributed by atoms with Crippen LogP contribution in [0.4, 0.5) is 0 Å². The van der Waals surface area contributed by atoms with Gasteiger partial charge in [0.05, 0.1) is 32.0 Å². The van der Waals surface area contributed by atoms with Crippen molar-refractivity contribution in [3.8, 4) is 0 Å². The molecule has 2 saturated heterocycles. The Kier molecular flexibility index (Phi) is 48.8. The van der Waals surface area contributed by atoms with Gasteiger partial charge in [-0.05, 0) is 51.4 Å². The van der Waals surface area contributed by atoms with E-state index >= 15 is 0 Å². The second-order valence-electron chi connectivity index (χ2n) is 24.0. The summed E-state index contributed by atoms with van der Waals surface area (Å²) in [6.45, 7) is 2.78. The lowest BCUT2D eigenvalue weighted by Crippen LogP contribution is -2.65. The molecule has 1 amide bonds. The van der Waals surface area contributed by atoms with Crippen LogP contribution in [0.5, 0.6) is 0 Å². The summed E-state index contributed by atoms with van der Waals surface area (Å²) in [6, 6.07) is -0.910. The number of ether oxygens (including phenoxy) is 4. The van der Waals surface area contributed by atoms with E-state index in [4.69, 9.17) is 18.9 Å². The maximum absolute atomic E-state index is 13.2. The molecule has 2 aliphatic rings. The van der Waals surface area contributed by atoms with Gasteiger partial charge in [0, 0.05) is 6.42 Å². The van der Waals surface area contributed by atoms with E-state index in [0.29, 0.717) is 6.42 Å². The van der Waals surface area contributed by atoms with Crippen LogP contribution >= 0.6 is 0 Å². The molecule has 0 spiro atoms. The van der Waals surface area contributed by atoms with Crippen molar-refractivity contribution >= 4 is 5.91 Å². The number of unbranched alkanes of at least 4 members (excludes halogenated alkanes) is 38. The van der Waals surface area contributed by atoms with Gasteiger partial charge >= 0.3 is 0 Å². The summed E-state index contributed by atoms with van der Waals surface area (Å²) in [5, 5.41) is 87.0. The Hall–Kier alpha value is -1.79. The largest absolute Gasteiger partial charge is 0.394 e. The van der Waals surface area contributed by atoms with E-state index in [9.17, 15) is 45.6 Å². The second-order valence-corrected chi connectivity index (χ2v) is 24.0. The van der Waals surface area contributed by atoms with E-state index in [0.717, 1.165) is 44.9 Å². The first-order valence-electron chi connectivity index (χ1n) is 33.7. The maximum Gasteiger partial charge on any atom is 0.220 e. The highest BCUT2D eigenvalue weighted by atomic mass is 16.7. The fraction of sp³-hybridized carbons (Fsp3) is 0.896. The Morgan fingerprint density at radius 3 is 1.23 bits per heavy atom. The average molecular weight is 1150 g/mol. The van der Waals surface area contributed by atoms with Gasteiger partial charge in [-0.2, -0.15) is 0 Å². The van der Waals surface area contributed by atoms with E-state index in [1.54, 1.807) is 6.08 Å². The fourth-order valence-corrected chi connectivity index (χ4v) is 11.1. The van der Waals surface area contributed by atoms with Crippen LogP contribution in [0.3, 0.4) is 0 Å². The minimum atomic E-state index is -1.79. The second kappa shape index (κ2) is 52.5. The molecule has 12 unspecified atom stereocenters. The monoisotopic (exact) mass is 1150 g/mol. The highest BCUT2D eigenvalue weighted by molar-refractivity contribution is 5.76. The number of allylic oxidation sites excluding steroid dienone is 5. The number of hydrogen-bond donors (Lipinski definition) is 9. The Morgan fingerprint density at radius 1 is 0.444 bits per heavy atom. The molecule has 9 N–H and O–H groups in total. The maximum atomic E-state index is 13.2. The van der Waals surface area contributed by atoms with Gasteiger partial charge in [0.25, 0.3) is 0 Å². The Bertz CT molecular complexity index is 1500. The summed E-state index contributed by atoms with van der Waals surface area (Å²) in [7, 11) is 0. The molecule has 476 valence electrons. The summed E-state index contributed by atoms with van der Waals surface area (Å²) in [4.78, 5) is 13.2. The molecule has 0 saturated carbocycles. The molecular weight excluding hydrogens is 1030 g/mol. The van der Waals surface area contributed by atoms with Crippen molar-refractivity contribution in [2.24, 2.45) is 0 Å². The van der Waals surface area contributed by atoms with Crippen LogP contribution in [0.1, 0.15) is 290 Å². The first-order valence-corrected chi connectivity index (χ1v) is 33.7. The van der Waals surface area contributed by atoms with Crippen LogP contribution in [0.2, 0.25) is 0 Å². The van der Waals surface area contributed by atoms with Crippen LogP contribution < -0.4 is 5.32 Å². The molecule has 0 aliphatic carbocycles. The van der Waals surface area contributed by atoms with Crippen molar-refractivity contribution in [2.45, 2.75) is 364 Å². The third kappa shape index (κ3) is 37.4. The molecule has 2 aliphatic heterocycles. The Morgan fingerprint density at radius 2 is 0.815 bits per heavy atom. The molecule has 12 atom stereocenters. The van der Waals surface area contributed by atoms with E-state index in [1.807, 2.05) is 6.08 Å². The first kappa shape index (κ1) is 75.3. The summed E-state index contributed by atoms with van der Waals surface area (Å²) in [5.74, 6) is -0.237. The van der Waals surface area contributed by atoms with Gasteiger partial charge in [-0.3, -0.25) is 4.79 Å². The topological polar surface area (TPSA) is 228 Å². The summed E-state index contributed by atoms with van der Waals surface area (Å²) < 4.78 is 22.7. The normalized spacial score (nSPS) is 24.3. The lowest BCUT2D eigenvalue weighted by Gasteiger charge is -2.46. The molecule has 2 rings (SSSR count). The lowest BCUT2D eigenvalue weighted by atomic mass is 9.97. The smallest absolute Gasteiger partial charge is 0.220 e. The third-order valence-electron chi connectivity index (χ3n) is 16.6. The van der Waals surface area contributed by atoms with Crippen LogP contribution in [-0.4, -0.2) is 140 Å². The Balaban J connectivity index is 1.54. The highest BCUT2D eigenvalue weighted by Gasteiger charge is 2.51. The Labute approximate surface area is 493 Å². The predicted octanol–water partition coefficient (Wildman–Crippen LogP) is 13.0. The number of nitrogens with one attached hydrogen (secondary N) is 1. The first-order chi connectivity index (χ1) is 39.6. The minimum absolute atomic E-state index is 0.237. The molecule has 81 heavy (non-hydrogen) atoms. The number of rotatable bonds is 55. The molecule has 0 radical (unpaired) electrons. The fourth-order valence-electron chi connectivity index (χ4n) is 11.1. The van der Waals surface area contributed by atoms with E-state index in [1.165, 1.54) is 218 Å². The zero-order valence-corrected chi connectivity index (χ0v) is 51.5. The van der Waals surface area contributed by atoms with Crippen molar-refractivity contribution in [3.05, 3.63) is 36.5 Å². The molecular formula is C67H125NO13. The van der Waals surface area contributed by atoms with Crippen LogP contribution in [0, 0.1) is 0 Å². The van der Waals surface area contributed by atoms with E-state index < -0.39 is 86.8 Å². The highest BCUT2D eigenvalue weighted by Crippen LogP contribution is 2.30. The zero-order valence-electron chi connectivity index (χ0n) is 51.5. The summed E-state index contributed by atoms with van der Waals surface area (Å²) in [6.07, 6.45) is 49.6. The zero-order chi connectivity index (χ0) is 58.8. The molecule has 14 heteroatoms. The number of hydrogen-bond acceptors (Lipinski definition) is 13. The SMILES string of the molecule is CCCCCCC/C=C\C/C=C\CCCCCCCCCCCCCCCCCCCCCCCCCCCC(=O)NC(COC1OC(CO)C(OC2OC(CO)C(O)C(O)C2O)C(O)C1O)C(O)/C=C/CCCCCCCCCC. The lowest BCUT2D eigenvalue weighted by molar-refractivity contribution is -0.359. The van der Waals surface area contributed by atoms with Crippen LogP contribution in [0.15, 0.2) is 36.5 Å². The van der Waals surface area contributed by atoms with Gasteiger partial charge in [0.15, 0.2) is 12.6 Å². The molecule has 2 heterocycles. The van der Waals surface area contributed by atoms with Crippen molar-refractivity contribution in [2.75, 3.05) is 19.8 Å². The number of aliphatic hydroxyl groups is 8. The van der Waals surface area contributed by atoms with Crippen molar-refractivity contribution < 1.29 is 64.6 Å². The average Bonchev–Trinajstić information content (AvgIpc) is 3.51. The number of aliphatic hydroxyl groups excluding tert-OH is 8. The van der Waals surface area contributed by atoms with Gasteiger partial charge in [-0.25, -0.2) is 0 Å². The molecule has 2 fully saturated rings. The molecule has 0 aromatic rings. The standard InChI is InChI=1S/C67H125NO13/c1-3-5-7-9-11-13-15-16-17-18-19-20-21-22-23-24-25-26-27-28-29-30-31-32-33-34-35-36-37-38-39-40-41-43-45-47-49-51-59(72)68-55(56(71)50-48-46-44-42-14-12-10-8-6-4-2)54-78-66-64(77)62(75)65(58(53-70)80-66)81-67-63(76)61(74)60(73)57(52-69)79-67/h15-16,18-19,48,50,55-58,60-67,69-71,73-77H,3-14,17,20-47,49,51-54H2,1-2H3,(H,68,72)/b16-15-,19-18-,50-48+. The van der Waals surface area contributed by atoms with Crippen LogP contribution in [-0.2, 0) is 23.7 Å². The van der Waals surface area contributed by atoms with E-state index in [2.05, 4.69) is 43.5 Å². The number of amides is 1. The van der Waals surface area contributed by atoms with Gasteiger partial charge in [-0.15, -0.1) is 0 Å². The third-order valence-corrected chi connectivity index (χ3v) is 16.6. The molecule has 0 aromatic carbocycles. The van der Waals surface area contributed by atoms with Gasteiger partial charge < -0.3 is 65.1 Å². The molecule has 14 nitrogen and oxygen atoms in total. The summed E-state index contributed by atoms with van der Waals surface area (Å²) >= 11 is 0. The van der Waals surface area contributed by atoms with Gasteiger partial charge in [-0.1, -0.05) is 269 Å². The number of carbonyl (C=O) groups excluding carboxylic acids is 1. The van der Waals surface area contributed by atoms with Crippen LogP contribution in [0.25, 0.3) is 0 Å². The van der Waals surface area contributed by atoms with Crippen molar-refractivity contribution in [1.82, 2.24) is 5.32 Å².